The highest BCUT2D eigenvalue weighted by Gasteiger charge is 2.35. The lowest BCUT2D eigenvalue weighted by atomic mass is 9.93. The summed E-state index contributed by atoms with van der Waals surface area (Å²) in [4.78, 5) is 47.2. The fourth-order valence-corrected chi connectivity index (χ4v) is 6.36. The Morgan fingerprint density at radius 1 is 0.756 bits per heavy atom. The molecule has 2 aliphatic rings. The van der Waals surface area contributed by atoms with Crippen molar-refractivity contribution >= 4 is 17.5 Å². The average Bonchev–Trinajstić information content (AvgIpc) is 3.28. The van der Waals surface area contributed by atoms with E-state index in [4.69, 9.17) is 14.5 Å². The number of fused-ring (bicyclic) bond motifs is 4. The van der Waals surface area contributed by atoms with Crippen LogP contribution in [0.2, 0.25) is 0 Å². The first-order valence-electron chi connectivity index (χ1n) is 15.4. The van der Waals surface area contributed by atoms with Gasteiger partial charge in [-0.1, -0.05) is 58.0 Å². The minimum atomic E-state index is -0.352. The molecule has 0 atom stereocenters. The quantitative estimate of drug-likeness (QED) is 0.241. The van der Waals surface area contributed by atoms with Crippen LogP contribution in [0.25, 0.3) is 11.3 Å². The standard InChI is InChI=1S/C36H38N4O5/c1-21(2)24-12-9-13-25(22(3)4)33(24)37-32-20-29-28-19-31(45-6)30(44-5)18-23(28)14-15-38(29)36(43)39(32)16-17-40-34(41)26-10-7-8-11-27(26)35(40)42/h7-13,18-22H,14-17H2,1-6H3. The third kappa shape index (κ3) is 5.16. The molecule has 0 unspecified atom stereocenters. The van der Waals surface area contributed by atoms with E-state index in [-0.39, 0.29) is 42.4 Å². The molecule has 45 heavy (non-hydrogen) atoms. The third-order valence-corrected chi connectivity index (χ3v) is 8.78. The number of hydrogen-bond donors (Lipinski definition) is 0. The molecule has 2 aliphatic heterocycles. The van der Waals surface area contributed by atoms with E-state index in [0.717, 1.165) is 33.6 Å². The highest BCUT2D eigenvalue weighted by atomic mass is 16.5. The van der Waals surface area contributed by atoms with Crippen molar-refractivity contribution in [3.8, 4) is 22.8 Å². The molecule has 3 aromatic carbocycles. The number of imide groups is 1. The number of amides is 2. The summed E-state index contributed by atoms with van der Waals surface area (Å²) in [6, 6.07) is 18.8. The molecule has 0 aliphatic carbocycles. The van der Waals surface area contributed by atoms with Crippen LogP contribution in [0.5, 0.6) is 11.5 Å². The molecule has 9 nitrogen and oxygen atoms in total. The molecule has 6 rings (SSSR count). The first-order chi connectivity index (χ1) is 21.6. The van der Waals surface area contributed by atoms with E-state index >= 15 is 0 Å². The van der Waals surface area contributed by atoms with E-state index < -0.39 is 0 Å². The number of benzene rings is 3. The van der Waals surface area contributed by atoms with Gasteiger partial charge in [-0.05, 0) is 59.2 Å². The van der Waals surface area contributed by atoms with E-state index in [0.29, 0.717) is 41.1 Å². The van der Waals surface area contributed by atoms with Gasteiger partial charge in [0.1, 0.15) is 5.49 Å². The Morgan fingerprint density at radius 3 is 1.93 bits per heavy atom. The first kappa shape index (κ1) is 30.1. The molecule has 232 valence electrons. The van der Waals surface area contributed by atoms with Crippen molar-refractivity contribution in [3.63, 3.8) is 0 Å². The Hall–Kier alpha value is -4.92. The highest BCUT2D eigenvalue weighted by Crippen LogP contribution is 2.38. The number of carbonyl (C=O) groups excluding carboxylic acids is 2. The van der Waals surface area contributed by atoms with Gasteiger partial charge in [-0.15, -0.1) is 0 Å². The van der Waals surface area contributed by atoms with Crippen LogP contribution in [0.3, 0.4) is 0 Å². The Bertz CT molecular complexity index is 1910. The molecule has 0 radical (unpaired) electrons. The van der Waals surface area contributed by atoms with E-state index in [2.05, 4.69) is 45.9 Å². The second-order valence-electron chi connectivity index (χ2n) is 12.1. The lowest BCUT2D eigenvalue weighted by Crippen LogP contribution is -2.45. The Labute approximate surface area is 262 Å². The second-order valence-corrected chi connectivity index (χ2v) is 12.1. The first-order valence-corrected chi connectivity index (χ1v) is 15.4. The summed E-state index contributed by atoms with van der Waals surface area (Å²) in [6.45, 7) is 9.13. The molecule has 0 saturated carbocycles. The summed E-state index contributed by atoms with van der Waals surface area (Å²) in [5.41, 5.74) is 6.62. The van der Waals surface area contributed by atoms with Crippen molar-refractivity contribution in [1.29, 1.82) is 0 Å². The number of carbonyl (C=O) groups is 2. The molecule has 4 aromatic rings. The third-order valence-electron chi connectivity index (χ3n) is 8.78. The molecule has 0 saturated heterocycles. The van der Waals surface area contributed by atoms with Gasteiger partial charge >= 0.3 is 5.69 Å². The molecule has 0 N–H and O–H groups in total. The van der Waals surface area contributed by atoms with E-state index in [9.17, 15) is 14.4 Å². The monoisotopic (exact) mass is 606 g/mol. The van der Waals surface area contributed by atoms with Crippen LogP contribution < -0.4 is 20.7 Å². The van der Waals surface area contributed by atoms with E-state index in [1.54, 1.807) is 47.6 Å². The van der Waals surface area contributed by atoms with Gasteiger partial charge in [-0.3, -0.25) is 23.6 Å². The summed E-state index contributed by atoms with van der Waals surface area (Å²) in [5, 5.41) is 0. The number of nitrogens with zero attached hydrogens (tertiary/aromatic N) is 4. The predicted molar refractivity (Wildman–Crippen MR) is 173 cm³/mol. The Balaban J connectivity index is 1.55. The number of aryl methyl sites for hydroxylation is 1. The van der Waals surface area contributed by atoms with Gasteiger partial charge in [0.2, 0.25) is 0 Å². The van der Waals surface area contributed by atoms with Crippen LogP contribution >= 0.6 is 0 Å². The van der Waals surface area contributed by atoms with Crippen molar-refractivity contribution in [3.05, 3.63) is 104 Å². The van der Waals surface area contributed by atoms with Crippen molar-refractivity contribution in [1.82, 2.24) is 14.0 Å². The fraction of sp³-hybridized carbons (Fsp3) is 0.333. The smallest absolute Gasteiger partial charge is 0.330 e. The average molecular weight is 607 g/mol. The molecule has 0 bridgehead atoms. The minimum Gasteiger partial charge on any atom is -0.493 e. The van der Waals surface area contributed by atoms with Crippen molar-refractivity contribution < 1.29 is 19.1 Å². The molecule has 0 spiro atoms. The van der Waals surface area contributed by atoms with Crippen molar-refractivity contribution in [2.75, 3.05) is 20.8 Å². The van der Waals surface area contributed by atoms with Gasteiger partial charge in [0.05, 0.1) is 36.7 Å². The molecule has 9 heteroatoms. The van der Waals surface area contributed by atoms with Crippen LogP contribution in [0, 0.1) is 0 Å². The van der Waals surface area contributed by atoms with Crippen LogP contribution in [-0.2, 0) is 19.5 Å². The zero-order valence-corrected chi connectivity index (χ0v) is 26.6. The van der Waals surface area contributed by atoms with Crippen molar-refractivity contribution in [2.45, 2.75) is 59.0 Å². The summed E-state index contributed by atoms with van der Waals surface area (Å²) in [5.74, 6) is 0.905. The lowest BCUT2D eigenvalue weighted by molar-refractivity contribution is 0.0647. The maximum absolute atomic E-state index is 14.4. The van der Waals surface area contributed by atoms with Gasteiger partial charge in [0.15, 0.2) is 11.5 Å². The Morgan fingerprint density at radius 2 is 1.36 bits per heavy atom. The second kappa shape index (κ2) is 11.9. The summed E-state index contributed by atoms with van der Waals surface area (Å²) < 4.78 is 14.5. The van der Waals surface area contributed by atoms with Crippen LogP contribution in [-0.4, -0.2) is 46.6 Å². The normalized spacial score (nSPS) is 14.2. The molecule has 2 amide bonds. The van der Waals surface area contributed by atoms with E-state index in [1.807, 2.05) is 18.2 Å². The summed E-state index contributed by atoms with van der Waals surface area (Å²) in [6.07, 6.45) is 0.630. The number of hydrogen-bond acceptors (Lipinski definition) is 6. The lowest BCUT2D eigenvalue weighted by Gasteiger charge is -2.25. The van der Waals surface area contributed by atoms with E-state index in [1.165, 1.54) is 4.90 Å². The van der Waals surface area contributed by atoms with Crippen molar-refractivity contribution in [2.24, 2.45) is 4.99 Å². The van der Waals surface area contributed by atoms with Gasteiger partial charge < -0.3 is 9.47 Å². The van der Waals surface area contributed by atoms with Gasteiger partial charge in [0, 0.05) is 31.3 Å². The highest BCUT2D eigenvalue weighted by molar-refractivity contribution is 6.21. The number of aromatic nitrogens is 2. The number of ether oxygens (including phenoxy) is 2. The molecule has 3 heterocycles. The van der Waals surface area contributed by atoms with Crippen LogP contribution in [0.1, 0.15) is 76.9 Å². The fourth-order valence-electron chi connectivity index (χ4n) is 6.36. The Kier molecular flexibility index (Phi) is 7.95. The van der Waals surface area contributed by atoms with Gasteiger partial charge in [-0.2, -0.15) is 0 Å². The molecule has 0 fully saturated rings. The number of rotatable bonds is 8. The minimum absolute atomic E-state index is 0.0403. The topological polar surface area (TPSA) is 95.1 Å². The number of methoxy groups -OCH3 is 2. The van der Waals surface area contributed by atoms with Crippen LogP contribution in [0.15, 0.2) is 70.5 Å². The maximum atomic E-state index is 14.4. The predicted octanol–water partition coefficient (Wildman–Crippen LogP) is 5.67. The summed E-state index contributed by atoms with van der Waals surface area (Å²) in [7, 11) is 3.20. The largest absolute Gasteiger partial charge is 0.493 e. The SMILES string of the molecule is COc1cc2c(cc1OC)-c1cc(=Nc3c(C(C)C)cccc3C(C)C)n(CCN3C(=O)c4ccccc4C3=O)c(=O)n1CC2. The zero-order chi connectivity index (χ0) is 32.0. The maximum Gasteiger partial charge on any atom is 0.330 e. The van der Waals surface area contributed by atoms with Gasteiger partial charge in [-0.25, -0.2) is 9.79 Å². The molecule has 1 aromatic heterocycles. The zero-order valence-electron chi connectivity index (χ0n) is 26.6. The molecular formula is C36H38N4O5. The summed E-state index contributed by atoms with van der Waals surface area (Å²) >= 11 is 0. The van der Waals surface area contributed by atoms with Gasteiger partial charge in [0.25, 0.3) is 11.8 Å². The molecular weight excluding hydrogens is 568 g/mol. The number of para-hydroxylation sites is 1. The van der Waals surface area contributed by atoms with Crippen LogP contribution in [0.4, 0.5) is 5.69 Å².